The highest BCUT2D eigenvalue weighted by molar-refractivity contribution is 6.03. The van der Waals surface area contributed by atoms with E-state index in [0.717, 1.165) is 25.2 Å². The molecular formula is C16H15FN2O3. The highest BCUT2D eigenvalue weighted by Crippen LogP contribution is 2.59. The van der Waals surface area contributed by atoms with Crippen molar-refractivity contribution < 1.29 is 14.3 Å². The van der Waals surface area contributed by atoms with E-state index in [1.165, 1.54) is 6.07 Å². The molecule has 2 fully saturated rings. The second-order valence-corrected chi connectivity index (χ2v) is 6.31. The molecule has 1 aromatic carbocycles. The Morgan fingerprint density at radius 3 is 2.73 bits per heavy atom. The average Bonchev–Trinajstić information content (AvgIpc) is 3.11. The number of aromatic carboxylic acids is 1. The van der Waals surface area contributed by atoms with Crippen LogP contribution in [0, 0.1) is 17.7 Å². The second-order valence-electron chi connectivity index (χ2n) is 6.31. The number of pyridine rings is 1. The third-order valence-corrected chi connectivity index (χ3v) is 5.13. The molecule has 0 amide bonds. The number of benzene rings is 1. The number of fused-ring (bicyclic) bond motifs is 2. The number of anilines is 1. The molecule has 2 aliphatic carbocycles. The molecule has 0 aliphatic heterocycles. The van der Waals surface area contributed by atoms with Crippen LogP contribution in [0.1, 0.15) is 41.1 Å². The van der Waals surface area contributed by atoms with Gasteiger partial charge in [-0.2, -0.15) is 0 Å². The SMILES string of the molecule is Nc1c(C(=O)O)c(=O)[nH]c2cc(C3CC[C@@H]4CC34)c(F)cc12. The smallest absolute Gasteiger partial charge is 0.343 e. The van der Waals surface area contributed by atoms with Crippen LogP contribution in [0.25, 0.3) is 10.9 Å². The number of carboxylic acids is 1. The molecule has 0 spiro atoms. The number of nitrogen functional groups attached to an aromatic ring is 1. The number of hydrogen-bond donors (Lipinski definition) is 3. The van der Waals surface area contributed by atoms with Gasteiger partial charge < -0.3 is 15.8 Å². The molecule has 0 radical (unpaired) electrons. The lowest BCUT2D eigenvalue weighted by Gasteiger charge is -2.15. The van der Waals surface area contributed by atoms with E-state index >= 15 is 0 Å². The van der Waals surface area contributed by atoms with E-state index in [1.54, 1.807) is 6.07 Å². The molecular weight excluding hydrogens is 287 g/mol. The molecule has 4 rings (SSSR count). The summed E-state index contributed by atoms with van der Waals surface area (Å²) in [5, 5.41) is 9.29. The molecule has 2 saturated carbocycles. The van der Waals surface area contributed by atoms with E-state index in [-0.39, 0.29) is 22.8 Å². The summed E-state index contributed by atoms with van der Waals surface area (Å²) in [6, 6.07) is 2.87. The molecule has 114 valence electrons. The number of rotatable bonds is 2. The number of halogens is 1. The predicted molar refractivity (Wildman–Crippen MR) is 79.5 cm³/mol. The first-order chi connectivity index (χ1) is 10.5. The highest BCUT2D eigenvalue weighted by atomic mass is 19.1. The summed E-state index contributed by atoms with van der Waals surface area (Å²) < 4.78 is 14.5. The van der Waals surface area contributed by atoms with Gasteiger partial charge in [0.05, 0.1) is 11.2 Å². The maximum atomic E-state index is 14.5. The first kappa shape index (κ1) is 13.3. The van der Waals surface area contributed by atoms with Crippen LogP contribution in [0.4, 0.5) is 10.1 Å². The van der Waals surface area contributed by atoms with Crippen molar-refractivity contribution in [3.8, 4) is 0 Å². The van der Waals surface area contributed by atoms with E-state index in [2.05, 4.69) is 4.98 Å². The quantitative estimate of drug-likeness (QED) is 0.794. The number of hydrogen-bond acceptors (Lipinski definition) is 3. The number of carboxylic acid groups (broad SMARTS) is 1. The summed E-state index contributed by atoms with van der Waals surface area (Å²) in [5.41, 5.74) is 5.28. The maximum Gasteiger partial charge on any atom is 0.343 e. The monoisotopic (exact) mass is 302 g/mol. The Morgan fingerprint density at radius 2 is 2.14 bits per heavy atom. The van der Waals surface area contributed by atoms with Crippen LogP contribution < -0.4 is 11.3 Å². The van der Waals surface area contributed by atoms with Gasteiger partial charge in [-0.25, -0.2) is 9.18 Å². The van der Waals surface area contributed by atoms with E-state index in [9.17, 15) is 14.0 Å². The number of aromatic amines is 1. The topological polar surface area (TPSA) is 96.2 Å². The van der Waals surface area contributed by atoms with E-state index in [4.69, 9.17) is 10.8 Å². The van der Waals surface area contributed by atoms with Gasteiger partial charge in [-0.05, 0) is 54.7 Å². The number of H-pyrrole nitrogens is 1. The fraction of sp³-hybridized carbons (Fsp3) is 0.375. The van der Waals surface area contributed by atoms with E-state index in [0.29, 0.717) is 17.0 Å². The second kappa shape index (κ2) is 4.32. The van der Waals surface area contributed by atoms with Crippen LogP contribution in [-0.2, 0) is 0 Å². The van der Waals surface area contributed by atoms with Gasteiger partial charge in [0.15, 0.2) is 0 Å². The minimum Gasteiger partial charge on any atom is -0.477 e. The Morgan fingerprint density at radius 1 is 1.36 bits per heavy atom. The Kier molecular flexibility index (Phi) is 2.61. The van der Waals surface area contributed by atoms with Crippen molar-refractivity contribution in [1.82, 2.24) is 4.98 Å². The zero-order valence-corrected chi connectivity index (χ0v) is 11.7. The third kappa shape index (κ3) is 1.76. The molecule has 6 heteroatoms. The van der Waals surface area contributed by atoms with Gasteiger partial charge in [0.2, 0.25) is 0 Å². The van der Waals surface area contributed by atoms with Gasteiger partial charge in [-0.1, -0.05) is 0 Å². The van der Waals surface area contributed by atoms with Crippen molar-refractivity contribution >= 4 is 22.6 Å². The Hall–Kier alpha value is -2.37. The zero-order valence-electron chi connectivity index (χ0n) is 11.7. The molecule has 0 saturated heterocycles. The van der Waals surface area contributed by atoms with Gasteiger partial charge in [-0.15, -0.1) is 0 Å². The minimum atomic E-state index is -1.42. The molecule has 3 atom stereocenters. The molecule has 5 nitrogen and oxygen atoms in total. The van der Waals surface area contributed by atoms with Crippen molar-refractivity contribution in [3.63, 3.8) is 0 Å². The summed E-state index contributed by atoms with van der Waals surface area (Å²) in [5.74, 6) is -0.326. The molecule has 2 aromatic rings. The van der Waals surface area contributed by atoms with Crippen LogP contribution in [-0.4, -0.2) is 16.1 Å². The lowest BCUT2D eigenvalue weighted by Crippen LogP contribution is -2.20. The van der Waals surface area contributed by atoms with Crippen molar-refractivity contribution in [2.75, 3.05) is 5.73 Å². The predicted octanol–water partition coefficient (Wildman–Crippen LogP) is 2.46. The molecule has 1 aromatic heterocycles. The summed E-state index contributed by atoms with van der Waals surface area (Å²) in [6.07, 6.45) is 3.24. The molecule has 22 heavy (non-hydrogen) atoms. The van der Waals surface area contributed by atoms with Gasteiger partial charge in [0.25, 0.3) is 5.56 Å². The zero-order chi connectivity index (χ0) is 15.6. The van der Waals surface area contributed by atoms with Crippen LogP contribution in [0.5, 0.6) is 0 Å². The molecule has 1 heterocycles. The maximum absolute atomic E-state index is 14.5. The van der Waals surface area contributed by atoms with E-state index < -0.39 is 17.1 Å². The third-order valence-electron chi connectivity index (χ3n) is 5.13. The average molecular weight is 302 g/mol. The Labute approximate surface area is 124 Å². The fourth-order valence-electron chi connectivity index (χ4n) is 3.94. The van der Waals surface area contributed by atoms with Crippen LogP contribution in [0.2, 0.25) is 0 Å². The van der Waals surface area contributed by atoms with Crippen LogP contribution >= 0.6 is 0 Å². The summed E-state index contributed by atoms with van der Waals surface area (Å²) in [7, 11) is 0. The molecule has 2 aliphatic rings. The Balaban J connectivity index is 1.93. The summed E-state index contributed by atoms with van der Waals surface area (Å²) in [4.78, 5) is 25.5. The fourth-order valence-corrected chi connectivity index (χ4v) is 3.94. The highest BCUT2D eigenvalue weighted by Gasteiger charge is 2.49. The van der Waals surface area contributed by atoms with Gasteiger partial charge in [0.1, 0.15) is 11.4 Å². The molecule has 4 N–H and O–H groups in total. The first-order valence-corrected chi connectivity index (χ1v) is 7.35. The number of carbonyl (C=O) groups is 1. The number of nitrogens with two attached hydrogens (primary N) is 1. The number of nitrogens with one attached hydrogen (secondary N) is 1. The van der Waals surface area contributed by atoms with Gasteiger partial charge in [0, 0.05) is 5.39 Å². The van der Waals surface area contributed by atoms with Crippen molar-refractivity contribution in [1.29, 1.82) is 0 Å². The lowest BCUT2D eigenvalue weighted by molar-refractivity contribution is 0.0696. The molecule has 0 bridgehead atoms. The lowest BCUT2D eigenvalue weighted by atomic mass is 9.92. The summed E-state index contributed by atoms with van der Waals surface area (Å²) in [6.45, 7) is 0. The van der Waals surface area contributed by atoms with Crippen LogP contribution in [0.15, 0.2) is 16.9 Å². The Bertz CT molecular complexity index is 874. The van der Waals surface area contributed by atoms with Crippen LogP contribution in [0.3, 0.4) is 0 Å². The standard InChI is InChI=1S/C16H15FN2O3/c17-11-4-10-12(19-15(20)13(14(10)18)16(21)22)5-9(11)7-2-1-6-3-8(6)7/h4-8H,1-3H2,(H,21,22)(H3,18,19,20)/t6-,7?,8?/m1/s1. The first-order valence-electron chi connectivity index (χ1n) is 7.35. The number of aromatic nitrogens is 1. The van der Waals surface area contributed by atoms with E-state index in [1.807, 2.05) is 0 Å². The van der Waals surface area contributed by atoms with Gasteiger partial charge >= 0.3 is 5.97 Å². The minimum absolute atomic E-state index is 0.188. The van der Waals surface area contributed by atoms with Crippen molar-refractivity contribution in [2.45, 2.75) is 25.2 Å². The summed E-state index contributed by atoms with van der Waals surface area (Å²) >= 11 is 0. The molecule has 2 unspecified atom stereocenters. The van der Waals surface area contributed by atoms with Crippen molar-refractivity contribution in [2.24, 2.45) is 11.8 Å². The van der Waals surface area contributed by atoms with Crippen molar-refractivity contribution in [3.05, 3.63) is 39.4 Å². The normalized spacial score (nSPS) is 26.1. The largest absolute Gasteiger partial charge is 0.477 e. The van der Waals surface area contributed by atoms with Gasteiger partial charge in [-0.3, -0.25) is 4.79 Å².